The molecule has 0 unspecified atom stereocenters. The zero-order chi connectivity index (χ0) is 26.0. The molecule has 1 N–H and O–H groups in total. The van der Waals surface area contributed by atoms with Gasteiger partial charge in [0, 0.05) is 28.6 Å². The number of imide groups is 2. The maximum absolute atomic E-state index is 13.2. The number of hydrogen-bond acceptors (Lipinski definition) is 5. The average Bonchev–Trinajstić information content (AvgIpc) is 3.14. The van der Waals surface area contributed by atoms with Gasteiger partial charge in [-0.1, -0.05) is 17.7 Å². The number of urea groups is 1. The van der Waals surface area contributed by atoms with Gasteiger partial charge in [-0.25, -0.2) is 4.79 Å². The number of carbonyl (C=O) groups excluding carboxylic acids is 3. The van der Waals surface area contributed by atoms with E-state index in [9.17, 15) is 14.4 Å². The van der Waals surface area contributed by atoms with Gasteiger partial charge in [0.25, 0.3) is 11.8 Å². The molecular formula is C27H26ClN3O5. The number of aryl methyl sites for hydroxylation is 1. The van der Waals surface area contributed by atoms with Gasteiger partial charge >= 0.3 is 6.03 Å². The summed E-state index contributed by atoms with van der Waals surface area (Å²) in [6.07, 6.45) is 1.91. The predicted molar refractivity (Wildman–Crippen MR) is 137 cm³/mol. The molecule has 0 spiro atoms. The number of aromatic nitrogens is 1. The molecule has 1 aliphatic rings. The number of nitrogens with one attached hydrogen (secondary N) is 1. The van der Waals surface area contributed by atoms with Gasteiger partial charge in [0.1, 0.15) is 5.57 Å². The summed E-state index contributed by atoms with van der Waals surface area (Å²) >= 11 is 6.02. The van der Waals surface area contributed by atoms with Crippen molar-refractivity contribution in [3.63, 3.8) is 0 Å². The van der Waals surface area contributed by atoms with Crippen LogP contribution < -0.4 is 14.8 Å². The van der Waals surface area contributed by atoms with Gasteiger partial charge in [0.05, 0.1) is 14.2 Å². The first kappa shape index (κ1) is 25.1. The third-order valence-corrected chi connectivity index (χ3v) is 6.36. The number of halogens is 1. The van der Waals surface area contributed by atoms with Crippen LogP contribution >= 0.6 is 11.6 Å². The Balaban J connectivity index is 1.59. The highest BCUT2D eigenvalue weighted by Gasteiger charge is 2.35. The topological polar surface area (TPSA) is 89.9 Å². The second-order valence-corrected chi connectivity index (χ2v) is 8.79. The molecule has 8 nitrogen and oxygen atoms in total. The zero-order valence-electron chi connectivity index (χ0n) is 20.4. The van der Waals surface area contributed by atoms with Crippen LogP contribution in [0.2, 0.25) is 5.02 Å². The Bertz CT molecular complexity index is 1370. The number of amides is 4. The molecule has 1 aliphatic heterocycles. The number of nitrogens with zero attached hydrogens (tertiary/aromatic N) is 2. The van der Waals surface area contributed by atoms with Gasteiger partial charge in [-0.15, -0.1) is 0 Å². The highest BCUT2D eigenvalue weighted by molar-refractivity contribution is 6.31. The van der Waals surface area contributed by atoms with Crippen molar-refractivity contribution >= 4 is 35.5 Å². The standard InChI is InChI=1S/C27H26ClN3O5/c1-16-13-19(17(2)31(16)21-8-6-20(28)7-9-21)15-22-25(32)29-27(34)30(26(22)33)12-11-18-5-10-23(35-3)24(14-18)36-4/h5-10,13-15H,11-12H2,1-4H3,(H,29,32,34)/b22-15-. The minimum Gasteiger partial charge on any atom is -0.493 e. The van der Waals surface area contributed by atoms with Crippen LogP contribution in [0, 0.1) is 13.8 Å². The van der Waals surface area contributed by atoms with E-state index in [1.165, 1.54) is 13.2 Å². The Hall–Kier alpha value is -4.04. The second-order valence-electron chi connectivity index (χ2n) is 8.35. The number of barbiturate groups is 1. The van der Waals surface area contributed by atoms with Gasteiger partial charge in [-0.05, 0) is 79.9 Å². The van der Waals surface area contributed by atoms with E-state index in [4.69, 9.17) is 21.1 Å². The molecule has 4 rings (SSSR count). The Morgan fingerprint density at radius 3 is 2.31 bits per heavy atom. The van der Waals surface area contributed by atoms with E-state index < -0.39 is 17.8 Å². The van der Waals surface area contributed by atoms with Crippen molar-refractivity contribution < 1.29 is 23.9 Å². The molecule has 9 heteroatoms. The van der Waals surface area contributed by atoms with E-state index in [2.05, 4.69) is 5.32 Å². The van der Waals surface area contributed by atoms with Crippen LogP contribution in [0.4, 0.5) is 4.79 Å². The van der Waals surface area contributed by atoms with Crippen molar-refractivity contribution in [2.24, 2.45) is 0 Å². The first-order valence-electron chi connectivity index (χ1n) is 11.3. The summed E-state index contributed by atoms with van der Waals surface area (Å²) in [5, 5.41) is 2.91. The second kappa shape index (κ2) is 10.3. The van der Waals surface area contributed by atoms with E-state index in [1.807, 2.05) is 42.7 Å². The number of carbonyl (C=O) groups is 3. The molecule has 0 aliphatic carbocycles. The molecule has 0 saturated carbocycles. The third-order valence-electron chi connectivity index (χ3n) is 6.11. The first-order valence-corrected chi connectivity index (χ1v) is 11.7. The summed E-state index contributed by atoms with van der Waals surface area (Å²) in [6, 6.07) is 13.9. The largest absolute Gasteiger partial charge is 0.493 e. The average molecular weight is 508 g/mol. The Labute approximate surface area is 214 Å². The van der Waals surface area contributed by atoms with E-state index in [1.54, 1.807) is 31.4 Å². The molecule has 0 radical (unpaired) electrons. The highest BCUT2D eigenvalue weighted by atomic mass is 35.5. The molecule has 2 heterocycles. The molecule has 3 aromatic rings. The lowest BCUT2D eigenvalue weighted by atomic mass is 10.1. The van der Waals surface area contributed by atoms with Crippen LogP contribution in [-0.2, 0) is 16.0 Å². The maximum atomic E-state index is 13.2. The van der Waals surface area contributed by atoms with Crippen molar-refractivity contribution in [3.05, 3.63) is 81.6 Å². The Morgan fingerprint density at radius 2 is 1.64 bits per heavy atom. The van der Waals surface area contributed by atoms with E-state index in [-0.39, 0.29) is 12.1 Å². The SMILES string of the molecule is COc1ccc(CCN2C(=O)NC(=O)/C(=C/c3cc(C)n(-c4ccc(Cl)cc4)c3C)C2=O)cc1OC. The molecule has 1 saturated heterocycles. The fraction of sp³-hybridized carbons (Fsp3) is 0.222. The summed E-state index contributed by atoms with van der Waals surface area (Å²) < 4.78 is 12.6. The number of rotatable bonds is 7. The van der Waals surface area contributed by atoms with Crippen molar-refractivity contribution in [1.29, 1.82) is 0 Å². The minimum atomic E-state index is -0.741. The smallest absolute Gasteiger partial charge is 0.331 e. The zero-order valence-corrected chi connectivity index (χ0v) is 21.2. The monoisotopic (exact) mass is 507 g/mol. The van der Waals surface area contributed by atoms with Crippen LogP contribution in [0.1, 0.15) is 22.5 Å². The van der Waals surface area contributed by atoms with Crippen LogP contribution in [0.25, 0.3) is 11.8 Å². The van der Waals surface area contributed by atoms with Gasteiger partial charge in [0.15, 0.2) is 11.5 Å². The van der Waals surface area contributed by atoms with E-state index in [0.29, 0.717) is 28.5 Å². The summed E-state index contributed by atoms with van der Waals surface area (Å²) in [5.41, 5.74) is 4.13. The molecule has 1 aromatic heterocycles. The fourth-order valence-electron chi connectivity index (χ4n) is 4.25. The van der Waals surface area contributed by atoms with Crippen molar-refractivity contribution in [2.75, 3.05) is 20.8 Å². The summed E-state index contributed by atoms with van der Waals surface area (Å²) in [7, 11) is 3.09. The number of methoxy groups -OCH3 is 2. The molecule has 186 valence electrons. The number of ether oxygens (including phenoxy) is 2. The van der Waals surface area contributed by atoms with E-state index in [0.717, 1.165) is 27.5 Å². The van der Waals surface area contributed by atoms with Crippen molar-refractivity contribution in [2.45, 2.75) is 20.3 Å². The van der Waals surface area contributed by atoms with Crippen LogP contribution in [0.15, 0.2) is 54.1 Å². The third kappa shape index (κ3) is 4.85. The van der Waals surface area contributed by atoms with Gasteiger partial charge in [0.2, 0.25) is 0 Å². The Kier molecular flexibility index (Phi) is 7.17. The van der Waals surface area contributed by atoms with Gasteiger partial charge in [-0.2, -0.15) is 0 Å². The maximum Gasteiger partial charge on any atom is 0.331 e. The van der Waals surface area contributed by atoms with Gasteiger partial charge < -0.3 is 14.0 Å². The van der Waals surface area contributed by atoms with Crippen molar-refractivity contribution in [3.8, 4) is 17.2 Å². The first-order chi connectivity index (χ1) is 17.2. The minimum absolute atomic E-state index is 0.0918. The molecule has 4 amide bonds. The van der Waals surface area contributed by atoms with Crippen LogP contribution in [-0.4, -0.2) is 48.1 Å². The molecule has 0 bridgehead atoms. The van der Waals surface area contributed by atoms with Crippen molar-refractivity contribution in [1.82, 2.24) is 14.8 Å². The normalized spacial score (nSPS) is 14.9. The van der Waals surface area contributed by atoms with Crippen LogP contribution in [0.3, 0.4) is 0 Å². The lowest BCUT2D eigenvalue weighted by molar-refractivity contribution is -0.130. The molecular weight excluding hydrogens is 482 g/mol. The lowest BCUT2D eigenvalue weighted by Crippen LogP contribution is -2.54. The lowest BCUT2D eigenvalue weighted by Gasteiger charge is -2.26. The van der Waals surface area contributed by atoms with Crippen LogP contribution in [0.5, 0.6) is 11.5 Å². The molecule has 1 fully saturated rings. The van der Waals surface area contributed by atoms with E-state index >= 15 is 0 Å². The number of hydrogen-bond donors (Lipinski definition) is 1. The molecule has 0 atom stereocenters. The summed E-state index contributed by atoms with van der Waals surface area (Å²) in [6.45, 7) is 3.93. The highest BCUT2D eigenvalue weighted by Crippen LogP contribution is 2.28. The quantitative estimate of drug-likeness (QED) is 0.376. The van der Waals surface area contributed by atoms with Gasteiger partial charge in [-0.3, -0.25) is 19.8 Å². The summed E-state index contributed by atoms with van der Waals surface area (Å²) in [4.78, 5) is 39.3. The molecule has 2 aromatic carbocycles. The molecule has 36 heavy (non-hydrogen) atoms. The number of benzene rings is 2. The predicted octanol–water partition coefficient (Wildman–Crippen LogP) is 4.47. The summed E-state index contributed by atoms with van der Waals surface area (Å²) in [5.74, 6) is -0.222. The Morgan fingerprint density at radius 1 is 0.944 bits per heavy atom. The fourth-order valence-corrected chi connectivity index (χ4v) is 4.38.